The summed E-state index contributed by atoms with van der Waals surface area (Å²) in [5.41, 5.74) is -3.39. The van der Waals surface area contributed by atoms with Crippen molar-refractivity contribution in [3.05, 3.63) is 35.2 Å². The molecule has 6 nitrogen and oxygen atoms in total. The maximum atomic E-state index is 13.1. The summed E-state index contributed by atoms with van der Waals surface area (Å²) in [6.07, 6.45) is -4.79. The zero-order valence-corrected chi connectivity index (χ0v) is 12.9. The fourth-order valence-electron chi connectivity index (χ4n) is 2.53. The van der Waals surface area contributed by atoms with Crippen LogP contribution in [0, 0.1) is 6.57 Å². The van der Waals surface area contributed by atoms with E-state index in [-0.39, 0.29) is 18.8 Å². The van der Waals surface area contributed by atoms with E-state index in [4.69, 9.17) is 11.7 Å². The molecule has 24 heavy (non-hydrogen) atoms. The van der Waals surface area contributed by atoms with Gasteiger partial charge in [0.15, 0.2) is 5.69 Å². The summed E-state index contributed by atoms with van der Waals surface area (Å²) in [5, 5.41) is 9.03. The Balaban J connectivity index is 2.55. The van der Waals surface area contributed by atoms with Crippen LogP contribution in [0.4, 0.5) is 29.3 Å². The third kappa shape index (κ3) is 2.69. The van der Waals surface area contributed by atoms with E-state index in [9.17, 15) is 22.8 Å². The molecule has 0 aliphatic carbocycles. The van der Waals surface area contributed by atoms with Crippen molar-refractivity contribution in [1.29, 1.82) is 0 Å². The van der Waals surface area contributed by atoms with Gasteiger partial charge in [0.25, 0.3) is 5.91 Å². The first-order chi connectivity index (χ1) is 11.1. The number of anilines is 1. The number of amides is 3. The highest BCUT2D eigenvalue weighted by molar-refractivity contribution is 6.23. The first-order valence-corrected chi connectivity index (χ1v) is 6.91. The number of carbonyl (C=O) groups excluding carboxylic acids is 2. The van der Waals surface area contributed by atoms with Crippen LogP contribution in [0.15, 0.2) is 18.2 Å². The highest BCUT2D eigenvalue weighted by Gasteiger charge is 2.51. The SMILES string of the molecule is [C-]#[N+]c1ccc(N2C(=O)N(CCO)C(C)(C)C2=O)cc1C(F)(F)F. The van der Waals surface area contributed by atoms with Gasteiger partial charge < -0.3 is 10.0 Å². The van der Waals surface area contributed by atoms with Gasteiger partial charge in [-0.2, -0.15) is 13.2 Å². The second-order valence-corrected chi connectivity index (χ2v) is 5.67. The van der Waals surface area contributed by atoms with Crippen LogP contribution in [0.25, 0.3) is 4.85 Å². The molecule has 1 aliphatic rings. The minimum Gasteiger partial charge on any atom is -0.395 e. The highest BCUT2D eigenvalue weighted by atomic mass is 19.4. The van der Waals surface area contributed by atoms with Gasteiger partial charge >= 0.3 is 12.2 Å². The van der Waals surface area contributed by atoms with Crippen LogP contribution in [0.3, 0.4) is 0 Å². The number of β-amino-alcohol motifs (C(OH)–C–C–N with tert-alkyl or cyclic N) is 1. The Labute approximate surface area is 135 Å². The van der Waals surface area contributed by atoms with Crippen molar-refractivity contribution in [2.45, 2.75) is 25.6 Å². The molecule has 1 fully saturated rings. The standard InChI is InChI=1S/C15H14F3N3O3/c1-14(2)12(23)21(13(24)20(14)6-7-22)9-4-5-11(19-3)10(8-9)15(16,17)18/h4-5,8,22H,6-7H2,1-2H3. The Morgan fingerprint density at radius 1 is 1.29 bits per heavy atom. The number of nitrogens with zero attached hydrogens (tertiary/aromatic N) is 3. The van der Waals surface area contributed by atoms with Gasteiger partial charge in [0, 0.05) is 6.54 Å². The van der Waals surface area contributed by atoms with Crippen LogP contribution in [0.5, 0.6) is 0 Å². The number of halogens is 3. The molecule has 9 heteroatoms. The molecule has 0 atom stereocenters. The van der Waals surface area contributed by atoms with Gasteiger partial charge in [0.1, 0.15) is 5.54 Å². The van der Waals surface area contributed by atoms with E-state index < -0.39 is 34.9 Å². The molecule has 1 aromatic rings. The number of carbonyl (C=O) groups is 2. The highest BCUT2D eigenvalue weighted by Crippen LogP contribution is 2.40. The minimum absolute atomic E-state index is 0.125. The van der Waals surface area contributed by atoms with Crippen molar-refractivity contribution in [1.82, 2.24) is 4.90 Å². The van der Waals surface area contributed by atoms with Gasteiger partial charge in [0.05, 0.1) is 24.4 Å². The molecule has 1 aliphatic heterocycles. The first kappa shape index (κ1) is 17.7. The van der Waals surface area contributed by atoms with Crippen molar-refractivity contribution in [2.75, 3.05) is 18.1 Å². The van der Waals surface area contributed by atoms with Crippen molar-refractivity contribution >= 4 is 23.3 Å². The topological polar surface area (TPSA) is 65.2 Å². The lowest BCUT2D eigenvalue weighted by Gasteiger charge is -2.26. The minimum atomic E-state index is -4.79. The number of rotatable bonds is 3. The maximum absolute atomic E-state index is 13.1. The molecule has 0 saturated carbocycles. The predicted octanol–water partition coefficient (Wildman–Crippen LogP) is 2.80. The molecule has 0 spiro atoms. The Morgan fingerprint density at radius 3 is 2.42 bits per heavy atom. The third-order valence-electron chi connectivity index (χ3n) is 3.81. The number of hydrogen-bond donors (Lipinski definition) is 1. The summed E-state index contributed by atoms with van der Waals surface area (Å²) in [6, 6.07) is 1.84. The summed E-state index contributed by atoms with van der Waals surface area (Å²) in [4.78, 5) is 29.4. The fourth-order valence-corrected chi connectivity index (χ4v) is 2.53. The smallest absolute Gasteiger partial charge is 0.395 e. The number of urea groups is 1. The molecule has 0 unspecified atom stereocenters. The van der Waals surface area contributed by atoms with E-state index >= 15 is 0 Å². The van der Waals surface area contributed by atoms with Crippen molar-refractivity contribution in [3.8, 4) is 0 Å². The van der Waals surface area contributed by atoms with Gasteiger partial charge in [-0.05, 0) is 26.0 Å². The molecule has 2 rings (SSSR count). The van der Waals surface area contributed by atoms with E-state index in [1.54, 1.807) is 0 Å². The normalized spacial score (nSPS) is 17.4. The fraction of sp³-hybridized carbons (Fsp3) is 0.400. The van der Waals surface area contributed by atoms with E-state index in [2.05, 4.69) is 4.85 Å². The lowest BCUT2D eigenvalue weighted by Crippen LogP contribution is -2.45. The predicted molar refractivity (Wildman–Crippen MR) is 78.5 cm³/mol. The molecule has 3 amide bonds. The molecule has 1 heterocycles. The van der Waals surface area contributed by atoms with Crippen molar-refractivity contribution in [3.63, 3.8) is 0 Å². The lowest BCUT2D eigenvalue weighted by atomic mass is 10.0. The van der Waals surface area contributed by atoms with Gasteiger partial charge in [-0.15, -0.1) is 0 Å². The number of hydrogen-bond acceptors (Lipinski definition) is 3. The van der Waals surface area contributed by atoms with Gasteiger partial charge in [-0.1, -0.05) is 6.07 Å². The van der Waals surface area contributed by atoms with Crippen molar-refractivity contribution < 1.29 is 27.9 Å². The number of aliphatic hydroxyl groups excluding tert-OH is 1. The molecule has 0 bridgehead atoms. The Bertz CT molecular complexity index is 738. The van der Waals surface area contributed by atoms with Gasteiger partial charge in [-0.3, -0.25) is 4.79 Å². The molecule has 1 N–H and O–H groups in total. The number of imide groups is 1. The summed E-state index contributed by atoms with van der Waals surface area (Å²) >= 11 is 0. The average Bonchev–Trinajstić information content (AvgIpc) is 2.66. The Hall–Kier alpha value is -2.60. The van der Waals surface area contributed by atoms with Crippen LogP contribution < -0.4 is 4.90 Å². The summed E-state index contributed by atoms with van der Waals surface area (Å²) in [6.45, 7) is 9.19. The molecule has 1 saturated heterocycles. The van der Waals surface area contributed by atoms with E-state index in [1.165, 1.54) is 13.8 Å². The molecule has 0 aromatic heterocycles. The lowest BCUT2D eigenvalue weighted by molar-refractivity contribution is -0.136. The molecule has 0 radical (unpaired) electrons. The average molecular weight is 341 g/mol. The number of alkyl halides is 3. The van der Waals surface area contributed by atoms with E-state index in [0.717, 1.165) is 17.0 Å². The monoisotopic (exact) mass is 341 g/mol. The van der Waals surface area contributed by atoms with Gasteiger partial charge in [-0.25, -0.2) is 14.5 Å². The maximum Gasteiger partial charge on any atom is 0.407 e. The molecular weight excluding hydrogens is 327 g/mol. The molecular formula is C15H14F3N3O3. The first-order valence-electron chi connectivity index (χ1n) is 6.91. The van der Waals surface area contributed by atoms with E-state index in [1.807, 2.05) is 0 Å². The van der Waals surface area contributed by atoms with Crippen LogP contribution in [-0.2, 0) is 11.0 Å². The van der Waals surface area contributed by atoms with Crippen molar-refractivity contribution in [2.24, 2.45) is 0 Å². The van der Waals surface area contributed by atoms with Crippen LogP contribution >= 0.6 is 0 Å². The second kappa shape index (κ2) is 5.79. The second-order valence-electron chi connectivity index (χ2n) is 5.67. The van der Waals surface area contributed by atoms with Crippen LogP contribution in [0.2, 0.25) is 0 Å². The summed E-state index contributed by atoms with van der Waals surface area (Å²) < 4.78 is 39.2. The quantitative estimate of drug-likeness (QED) is 0.679. The largest absolute Gasteiger partial charge is 0.407 e. The zero-order valence-electron chi connectivity index (χ0n) is 12.9. The number of benzene rings is 1. The third-order valence-corrected chi connectivity index (χ3v) is 3.81. The van der Waals surface area contributed by atoms with Crippen LogP contribution in [-0.4, -0.2) is 40.6 Å². The van der Waals surface area contributed by atoms with Gasteiger partial charge in [0.2, 0.25) is 0 Å². The number of aliphatic hydroxyl groups is 1. The molecule has 128 valence electrons. The zero-order chi connectivity index (χ0) is 18.3. The summed E-state index contributed by atoms with van der Waals surface area (Å²) in [5.74, 6) is -0.704. The Kier molecular flexibility index (Phi) is 4.29. The summed E-state index contributed by atoms with van der Waals surface area (Å²) in [7, 11) is 0. The van der Waals surface area contributed by atoms with E-state index in [0.29, 0.717) is 11.0 Å². The Morgan fingerprint density at radius 2 is 1.92 bits per heavy atom. The molecule has 1 aromatic carbocycles. The van der Waals surface area contributed by atoms with Crippen LogP contribution in [0.1, 0.15) is 19.4 Å².